The first-order valence-electron chi connectivity index (χ1n) is 6.16. The number of amides is 2. The van der Waals surface area contributed by atoms with Crippen molar-refractivity contribution in [1.29, 1.82) is 0 Å². The molecule has 0 fully saturated rings. The number of nitrogens with zero attached hydrogens (tertiary/aromatic N) is 1. The summed E-state index contributed by atoms with van der Waals surface area (Å²) < 4.78 is 0. The van der Waals surface area contributed by atoms with Crippen molar-refractivity contribution in [3.63, 3.8) is 0 Å². The van der Waals surface area contributed by atoms with Gasteiger partial charge in [0.15, 0.2) is 0 Å². The van der Waals surface area contributed by atoms with E-state index in [2.05, 4.69) is 5.32 Å². The van der Waals surface area contributed by atoms with E-state index in [1.807, 2.05) is 38.1 Å². The molecule has 1 aromatic carbocycles. The molecule has 0 saturated carbocycles. The second-order valence-corrected chi connectivity index (χ2v) is 4.29. The van der Waals surface area contributed by atoms with Gasteiger partial charge in [0.25, 0.3) is 0 Å². The van der Waals surface area contributed by atoms with E-state index in [0.717, 1.165) is 17.7 Å². The van der Waals surface area contributed by atoms with Crippen LogP contribution in [0.5, 0.6) is 0 Å². The third-order valence-corrected chi connectivity index (χ3v) is 2.57. The van der Waals surface area contributed by atoms with Crippen molar-refractivity contribution in [2.75, 3.05) is 18.0 Å². The monoisotopic (exact) mass is 248 g/mol. The zero-order chi connectivity index (χ0) is 13.5. The predicted molar refractivity (Wildman–Crippen MR) is 72.5 cm³/mol. The first kappa shape index (κ1) is 14.2. The number of rotatable bonds is 5. The number of nitrogens with one attached hydrogen (secondary N) is 1. The van der Waals surface area contributed by atoms with Crippen LogP contribution in [0.1, 0.15) is 25.8 Å². The summed E-state index contributed by atoms with van der Waals surface area (Å²) in [4.78, 5) is 24.8. The van der Waals surface area contributed by atoms with Crippen molar-refractivity contribution in [2.45, 2.75) is 27.2 Å². The van der Waals surface area contributed by atoms with Gasteiger partial charge in [-0.15, -0.1) is 0 Å². The van der Waals surface area contributed by atoms with Gasteiger partial charge in [-0.05, 0) is 31.0 Å². The summed E-state index contributed by atoms with van der Waals surface area (Å²) in [6, 6.07) is 7.57. The van der Waals surface area contributed by atoms with Gasteiger partial charge in [-0.25, -0.2) is 0 Å². The number of hydrogen-bond acceptors (Lipinski definition) is 2. The molecule has 0 aliphatic rings. The topological polar surface area (TPSA) is 49.4 Å². The van der Waals surface area contributed by atoms with Crippen LogP contribution in [0.25, 0.3) is 0 Å². The van der Waals surface area contributed by atoms with Gasteiger partial charge in [0.2, 0.25) is 11.8 Å². The van der Waals surface area contributed by atoms with Gasteiger partial charge in [0.1, 0.15) is 6.54 Å². The zero-order valence-electron chi connectivity index (χ0n) is 11.2. The lowest BCUT2D eigenvalue weighted by Crippen LogP contribution is -2.40. The molecule has 0 aliphatic carbocycles. The van der Waals surface area contributed by atoms with Crippen molar-refractivity contribution in [3.05, 3.63) is 29.8 Å². The fraction of sp³-hybridized carbons (Fsp3) is 0.429. The molecule has 4 heteroatoms. The molecule has 1 rings (SSSR count). The highest BCUT2D eigenvalue weighted by Gasteiger charge is 2.15. The van der Waals surface area contributed by atoms with E-state index in [9.17, 15) is 9.59 Å². The molecule has 0 atom stereocenters. The molecule has 0 spiro atoms. The minimum Gasteiger partial charge on any atom is -0.355 e. The maximum atomic E-state index is 11.7. The molecule has 0 saturated heterocycles. The molecule has 98 valence electrons. The summed E-state index contributed by atoms with van der Waals surface area (Å²) in [6.07, 6.45) is 0.885. The van der Waals surface area contributed by atoms with E-state index in [4.69, 9.17) is 0 Å². The van der Waals surface area contributed by atoms with Crippen molar-refractivity contribution in [3.8, 4) is 0 Å². The van der Waals surface area contributed by atoms with E-state index < -0.39 is 0 Å². The Labute approximate surface area is 108 Å². The van der Waals surface area contributed by atoms with Gasteiger partial charge in [-0.2, -0.15) is 0 Å². The van der Waals surface area contributed by atoms with Gasteiger partial charge in [0.05, 0.1) is 0 Å². The van der Waals surface area contributed by atoms with E-state index >= 15 is 0 Å². The SMILES string of the molecule is CCCNC(=O)CN(C(C)=O)c1cccc(C)c1. The lowest BCUT2D eigenvalue weighted by Gasteiger charge is -2.21. The third kappa shape index (κ3) is 4.20. The van der Waals surface area contributed by atoms with Crippen LogP contribution < -0.4 is 10.2 Å². The minimum absolute atomic E-state index is 0.0682. The van der Waals surface area contributed by atoms with E-state index in [1.54, 1.807) is 0 Å². The number of benzene rings is 1. The highest BCUT2D eigenvalue weighted by atomic mass is 16.2. The average molecular weight is 248 g/mol. The van der Waals surface area contributed by atoms with Gasteiger partial charge >= 0.3 is 0 Å². The van der Waals surface area contributed by atoms with Crippen LogP contribution in [0, 0.1) is 6.92 Å². The number of aryl methyl sites for hydroxylation is 1. The summed E-state index contributed by atoms with van der Waals surface area (Å²) in [7, 11) is 0. The Morgan fingerprint density at radius 2 is 2.06 bits per heavy atom. The smallest absolute Gasteiger partial charge is 0.240 e. The van der Waals surface area contributed by atoms with Gasteiger partial charge in [-0.1, -0.05) is 19.1 Å². The predicted octanol–water partition coefficient (Wildman–Crippen LogP) is 1.87. The highest BCUT2D eigenvalue weighted by molar-refractivity contribution is 5.97. The summed E-state index contributed by atoms with van der Waals surface area (Å²) in [5.41, 5.74) is 1.82. The van der Waals surface area contributed by atoms with Crippen LogP contribution >= 0.6 is 0 Å². The maximum Gasteiger partial charge on any atom is 0.240 e. The lowest BCUT2D eigenvalue weighted by molar-refractivity contribution is -0.123. The number of hydrogen-bond donors (Lipinski definition) is 1. The fourth-order valence-electron chi connectivity index (χ4n) is 1.64. The first-order valence-corrected chi connectivity index (χ1v) is 6.16. The van der Waals surface area contributed by atoms with Crippen molar-refractivity contribution >= 4 is 17.5 Å². The Balaban J connectivity index is 2.77. The van der Waals surface area contributed by atoms with Crippen molar-refractivity contribution < 1.29 is 9.59 Å². The molecule has 4 nitrogen and oxygen atoms in total. The Morgan fingerprint density at radius 1 is 1.33 bits per heavy atom. The first-order chi connectivity index (χ1) is 8.54. The van der Waals surface area contributed by atoms with Gasteiger partial charge in [-0.3, -0.25) is 9.59 Å². The van der Waals surface area contributed by atoms with Crippen LogP contribution in [-0.4, -0.2) is 24.9 Å². The molecule has 0 heterocycles. The Kier molecular flexibility index (Phi) is 5.36. The molecule has 18 heavy (non-hydrogen) atoms. The van der Waals surface area contributed by atoms with Crippen LogP contribution in [0.3, 0.4) is 0 Å². The number of carbonyl (C=O) groups excluding carboxylic acids is 2. The lowest BCUT2D eigenvalue weighted by atomic mass is 10.2. The molecule has 0 bridgehead atoms. The Bertz CT molecular complexity index is 430. The van der Waals surface area contributed by atoms with E-state index in [1.165, 1.54) is 11.8 Å². The molecule has 0 radical (unpaired) electrons. The molecule has 1 aromatic rings. The Hall–Kier alpha value is -1.84. The average Bonchev–Trinajstić information content (AvgIpc) is 2.33. The zero-order valence-corrected chi connectivity index (χ0v) is 11.2. The molecule has 0 aromatic heterocycles. The van der Waals surface area contributed by atoms with E-state index in [-0.39, 0.29) is 18.4 Å². The number of anilines is 1. The summed E-state index contributed by atoms with van der Waals surface area (Å²) in [6.45, 7) is 6.12. The number of carbonyl (C=O) groups is 2. The maximum absolute atomic E-state index is 11.7. The van der Waals surface area contributed by atoms with Crippen molar-refractivity contribution in [1.82, 2.24) is 5.32 Å². The van der Waals surface area contributed by atoms with E-state index in [0.29, 0.717) is 6.54 Å². The molecule has 0 aliphatic heterocycles. The second kappa shape index (κ2) is 6.79. The van der Waals surface area contributed by atoms with Crippen LogP contribution in [0.4, 0.5) is 5.69 Å². The quantitative estimate of drug-likeness (QED) is 0.865. The molecular formula is C14H20N2O2. The van der Waals surface area contributed by atoms with Crippen LogP contribution in [0.2, 0.25) is 0 Å². The Morgan fingerprint density at radius 3 is 2.61 bits per heavy atom. The van der Waals surface area contributed by atoms with Crippen molar-refractivity contribution in [2.24, 2.45) is 0 Å². The summed E-state index contributed by atoms with van der Waals surface area (Å²) >= 11 is 0. The standard InChI is InChI=1S/C14H20N2O2/c1-4-8-15-14(18)10-16(12(3)17)13-7-5-6-11(2)9-13/h5-7,9H,4,8,10H2,1-3H3,(H,15,18). The second-order valence-electron chi connectivity index (χ2n) is 4.29. The molecule has 0 unspecified atom stereocenters. The normalized spacial score (nSPS) is 9.94. The van der Waals surface area contributed by atoms with Crippen LogP contribution in [-0.2, 0) is 9.59 Å². The third-order valence-electron chi connectivity index (χ3n) is 2.57. The van der Waals surface area contributed by atoms with Gasteiger partial charge < -0.3 is 10.2 Å². The highest BCUT2D eigenvalue weighted by Crippen LogP contribution is 2.15. The molecular weight excluding hydrogens is 228 g/mol. The summed E-state index contributed by atoms with van der Waals surface area (Å²) in [5, 5.41) is 2.77. The fourth-order valence-corrected chi connectivity index (χ4v) is 1.64. The molecule has 1 N–H and O–H groups in total. The van der Waals surface area contributed by atoms with Gasteiger partial charge in [0, 0.05) is 19.2 Å². The minimum atomic E-state index is -0.132. The molecule has 2 amide bonds. The summed E-state index contributed by atoms with van der Waals surface area (Å²) in [5.74, 6) is -0.263. The largest absolute Gasteiger partial charge is 0.355 e. The van der Waals surface area contributed by atoms with Crippen LogP contribution in [0.15, 0.2) is 24.3 Å².